The number of fused-ring (bicyclic) bond motifs is 1. The average Bonchev–Trinajstić information content (AvgIpc) is 3.25. The number of benzene rings is 2. The SMILES string of the molecule is Cc1cc(C)c2nc(N(CCCN(C)C)C(=O)c3ccc(S(=O)(=O)N4CCCC(C)C4)cc3)sc2c1. The molecule has 1 atom stereocenters. The third kappa shape index (κ3) is 5.80. The zero-order chi connectivity index (χ0) is 26.0. The number of hydrogen-bond donors (Lipinski definition) is 0. The first kappa shape index (κ1) is 26.7. The van der Waals surface area contributed by atoms with E-state index in [4.69, 9.17) is 4.98 Å². The molecule has 1 fully saturated rings. The fraction of sp³-hybridized carbons (Fsp3) is 0.481. The van der Waals surface area contributed by atoms with Gasteiger partial charge in [0.1, 0.15) is 0 Å². The maximum absolute atomic E-state index is 13.7. The Hall–Kier alpha value is -2.33. The molecule has 0 spiro atoms. The van der Waals surface area contributed by atoms with Crippen LogP contribution < -0.4 is 4.90 Å². The number of sulfonamides is 1. The van der Waals surface area contributed by atoms with Crippen LogP contribution >= 0.6 is 11.3 Å². The molecule has 1 saturated heterocycles. The second-order valence-electron chi connectivity index (χ2n) is 10.2. The van der Waals surface area contributed by atoms with Crippen molar-refractivity contribution in [2.75, 3.05) is 45.2 Å². The quantitative estimate of drug-likeness (QED) is 0.414. The van der Waals surface area contributed by atoms with Crippen LogP contribution in [-0.2, 0) is 10.0 Å². The molecular weight excluding hydrogens is 492 g/mol. The van der Waals surface area contributed by atoms with Gasteiger partial charge in [-0.3, -0.25) is 9.69 Å². The van der Waals surface area contributed by atoms with Crippen molar-refractivity contribution in [3.63, 3.8) is 0 Å². The van der Waals surface area contributed by atoms with E-state index in [0.717, 1.165) is 41.6 Å². The summed E-state index contributed by atoms with van der Waals surface area (Å²) in [6.45, 7) is 8.64. The van der Waals surface area contributed by atoms with Crippen molar-refractivity contribution in [1.82, 2.24) is 14.2 Å². The van der Waals surface area contributed by atoms with Crippen molar-refractivity contribution < 1.29 is 13.2 Å². The molecule has 1 amide bonds. The van der Waals surface area contributed by atoms with Gasteiger partial charge in [-0.1, -0.05) is 24.3 Å². The Bertz CT molecular complexity index is 1330. The van der Waals surface area contributed by atoms with Gasteiger partial charge in [0.25, 0.3) is 5.91 Å². The molecule has 3 aromatic rings. The molecular formula is C27H36N4O3S2. The molecule has 2 heterocycles. The molecule has 7 nitrogen and oxygen atoms in total. The summed E-state index contributed by atoms with van der Waals surface area (Å²) in [6.07, 6.45) is 2.72. The highest BCUT2D eigenvalue weighted by Gasteiger charge is 2.29. The molecule has 36 heavy (non-hydrogen) atoms. The van der Waals surface area contributed by atoms with Crippen molar-refractivity contribution >= 4 is 42.6 Å². The van der Waals surface area contributed by atoms with Crippen LogP contribution in [-0.4, -0.2) is 68.8 Å². The van der Waals surface area contributed by atoms with Gasteiger partial charge in [0.2, 0.25) is 10.0 Å². The number of thiazole rings is 1. The minimum Gasteiger partial charge on any atom is -0.309 e. The van der Waals surface area contributed by atoms with E-state index >= 15 is 0 Å². The highest BCUT2D eigenvalue weighted by Crippen LogP contribution is 2.33. The number of hydrogen-bond acceptors (Lipinski definition) is 6. The minimum atomic E-state index is -3.57. The standard InChI is InChI=1S/C27H36N4O3S2/c1-19-8-6-14-30(18-19)36(33,34)23-11-9-22(10-12-23)26(32)31(15-7-13-29(4)5)27-28-25-21(3)16-20(2)17-24(25)35-27/h9-12,16-17,19H,6-8,13-15,18H2,1-5H3. The third-order valence-electron chi connectivity index (χ3n) is 6.64. The predicted octanol–water partition coefficient (Wildman–Crippen LogP) is 4.93. The van der Waals surface area contributed by atoms with Crippen LogP contribution in [0, 0.1) is 19.8 Å². The number of carbonyl (C=O) groups is 1. The molecule has 1 aromatic heterocycles. The van der Waals surface area contributed by atoms with Gasteiger partial charge in [0.15, 0.2) is 5.13 Å². The average molecular weight is 529 g/mol. The second-order valence-corrected chi connectivity index (χ2v) is 13.1. The minimum absolute atomic E-state index is 0.169. The molecule has 0 saturated carbocycles. The second kappa shape index (κ2) is 11.0. The topological polar surface area (TPSA) is 73.8 Å². The van der Waals surface area contributed by atoms with Crippen molar-refractivity contribution in [2.45, 2.75) is 44.9 Å². The third-order valence-corrected chi connectivity index (χ3v) is 9.55. The monoisotopic (exact) mass is 528 g/mol. The summed E-state index contributed by atoms with van der Waals surface area (Å²) in [7, 11) is 0.457. The van der Waals surface area contributed by atoms with Gasteiger partial charge in [0, 0.05) is 25.2 Å². The summed E-state index contributed by atoms with van der Waals surface area (Å²) in [6, 6.07) is 10.6. The summed E-state index contributed by atoms with van der Waals surface area (Å²) < 4.78 is 28.9. The van der Waals surface area contributed by atoms with Gasteiger partial charge < -0.3 is 4.90 Å². The number of carbonyl (C=O) groups excluding carboxylic acids is 1. The Morgan fingerprint density at radius 3 is 2.53 bits per heavy atom. The van der Waals surface area contributed by atoms with Crippen molar-refractivity contribution in [1.29, 1.82) is 0 Å². The highest BCUT2D eigenvalue weighted by molar-refractivity contribution is 7.89. The van der Waals surface area contributed by atoms with Gasteiger partial charge in [-0.25, -0.2) is 13.4 Å². The molecule has 1 aliphatic heterocycles. The normalized spacial score (nSPS) is 17.1. The highest BCUT2D eigenvalue weighted by atomic mass is 32.2. The first-order valence-electron chi connectivity index (χ1n) is 12.5. The molecule has 2 aromatic carbocycles. The molecule has 0 bridgehead atoms. The van der Waals surface area contributed by atoms with Crippen LogP contribution in [0.25, 0.3) is 10.2 Å². The smallest absolute Gasteiger partial charge is 0.260 e. The lowest BCUT2D eigenvalue weighted by molar-refractivity contribution is 0.0986. The Morgan fingerprint density at radius 2 is 1.86 bits per heavy atom. The molecule has 0 radical (unpaired) electrons. The van der Waals surface area contributed by atoms with Crippen LogP contribution in [0.15, 0.2) is 41.3 Å². The number of aromatic nitrogens is 1. The molecule has 0 aliphatic carbocycles. The summed E-state index contributed by atoms with van der Waals surface area (Å²) in [5.41, 5.74) is 3.64. The molecule has 0 N–H and O–H groups in total. The first-order valence-corrected chi connectivity index (χ1v) is 14.8. The Balaban J connectivity index is 1.62. The van der Waals surface area contributed by atoms with Gasteiger partial charge in [-0.15, -0.1) is 0 Å². The summed E-state index contributed by atoms with van der Waals surface area (Å²) in [5, 5.41) is 0.668. The van der Waals surface area contributed by atoms with Gasteiger partial charge in [-0.2, -0.15) is 4.31 Å². The van der Waals surface area contributed by atoms with Gasteiger partial charge >= 0.3 is 0 Å². The van der Waals surface area contributed by atoms with Crippen LogP contribution in [0.1, 0.15) is 47.7 Å². The molecule has 194 valence electrons. The van der Waals surface area contributed by atoms with E-state index in [-0.39, 0.29) is 10.8 Å². The van der Waals surface area contributed by atoms with E-state index in [0.29, 0.717) is 36.2 Å². The Labute approximate surface area is 218 Å². The summed E-state index contributed by atoms with van der Waals surface area (Å²) >= 11 is 1.52. The number of anilines is 1. The van der Waals surface area contributed by atoms with Crippen LogP contribution in [0.3, 0.4) is 0 Å². The lowest BCUT2D eigenvalue weighted by Gasteiger charge is -2.30. The van der Waals surface area contributed by atoms with Crippen LogP contribution in [0.5, 0.6) is 0 Å². The maximum atomic E-state index is 13.7. The van der Waals surface area contributed by atoms with E-state index in [9.17, 15) is 13.2 Å². The summed E-state index contributed by atoms with van der Waals surface area (Å²) in [4.78, 5) is 22.6. The van der Waals surface area contributed by atoms with E-state index in [1.54, 1.807) is 33.5 Å². The number of rotatable bonds is 8. The van der Waals surface area contributed by atoms with Crippen molar-refractivity contribution in [3.8, 4) is 0 Å². The number of piperidine rings is 1. The largest absolute Gasteiger partial charge is 0.309 e. The zero-order valence-corrected chi connectivity index (χ0v) is 23.5. The first-order chi connectivity index (χ1) is 17.1. The van der Waals surface area contributed by atoms with Crippen LogP contribution in [0.2, 0.25) is 0 Å². The van der Waals surface area contributed by atoms with Crippen molar-refractivity contribution in [3.05, 3.63) is 53.1 Å². The summed E-state index contributed by atoms with van der Waals surface area (Å²) in [5.74, 6) is 0.184. The molecule has 9 heteroatoms. The van der Waals surface area contributed by atoms with E-state index in [1.807, 2.05) is 21.0 Å². The molecule has 1 unspecified atom stereocenters. The molecule has 1 aliphatic rings. The Morgan fingerprint density at radius 1 is 1.14 bits per heavy atom. The van der Waals surface area contributed by atoms with E-state index in [2.05, 4.69) is 30.9 Å². The predicted molar refractivity (Wildman–Crippen MR) is 148 cm³/mol. The fourth-order valence-corrected chi connectivity index (χ4v) is 7.51. The maximum Gasteiger partial charge on any atom is 0.260 e. The molecule has 4 rings (SSSR count). The lowest BCUT2D eigenvalue weighted by Crippen LogP contribution is -2.39. The number of nitrogens with zero attached hydrogens (tertiary/aromatic N) is 4. The van der Waals surface area contributed by atoms with E-state index < -0.39 is 10.0 Å². The number of aryl methyl sites for hydroxylation is 2. The van der Waals surface area contributed by atoms with Crippen LogP contribution in [0.4, 0.5) is 5.13 Å². The Kier molecular flexibility index (Phi) is 8.14. The fourth-order valence-electron chi connectivity index (χ4n) is 4.74. The van der Waals surface area contributed by atoms with Crippen molar-refractivity contribution in [2.24, 2.45) is 5.92 Å². The number of amides is 1. The lowest BCUT2D eigenvalue weighted by atomic mass is 10.0. The van der Waals surface area contributed by atoms with E-state index in [1.165, 1.54) is 16.9 Å². The van der Waals surface area contributed by atoms with Gasteiger partial charge in [0.05, 0.1) is 15.1 Å². The van der Waals surface area contributed by atoms with Gasteiger partial charge in [-0.05, 0) is 101 Å². The zero-order valence-electron chi connectivity index (χ0n) is 21.8.